The van der Waals surface area contributed by atoms with Crippen LogP contribution >= 0.6 is 11.9 Å². The molecule has 3 nitrogen and oxygen atoms in total. The highest BCUT2D eigenvalue weighted by Crippen LogP contribution is 2.21. The third-order valence-corrected chi connectivity index (χ3v) is 1.70. The Bertz CT molecular complexity index is 92.2. The first-order valence-corrected chi connectivity index (χ1v) is 2.96. The molecule has 0 amide bonds. The van der Waals surface area contributed by atoms with Gasteiger partial charge in [0.25, 0.3) is 0 Å². The molecule has 4 heteroatoms. The predicted molar refractivity (Wildman–Crippen MR) is 29.9 cm³/mol. The smallest absolute Gasteiger partial charge is 0.0989 e. The normalized spacial score (nSPS) is 39.7. The van der Waals surface area contributed by atoms with Gasteiger partial charge >= 0.3 is 0 Å². The number of nitrogens with zero attached hydrogens (tertiary/aromatic N) is 2. The minimum Gasteiger partial charge on any atom is -0.316 e. The maximum Gasteiger partial charge on any atom is 0.0989 e. The summed E-state index contributed by atoms with van der Waals surface area (Å²) in [7, 11) is 0. The van der Waals surface area contributed by atoms with Gasteiger partial charge in [0.2, 0.25) is 0 Å². The maximum absolute atomic E-state index is 5.45. The van der Waals surface area contributed by atoms with Crippen LogP contribution in [0.1, 0.15) is 6.92 Å². The SMILES string of the molecule is CC1N=NSC1N. The van der Waals surface area contributed by atoms with Gasteiger partial charge in [0.15, 0.2) is 0 Å². The lowest BCUT2D eigenvalue weighted by Gasteiger charge is -1.99. The first-order valence-electron chi connectivity index (χ1n) is 2.12. The molecule has 0 aromatic carbocycles. The van der Waals surface area contributed by atoms with E-state index in [1.54, 1.807) is 0 Å². The van der Waals surface area contributed by atoms with Crippen molar-refractivity contribution in [1.29, 1.82) is 0 Å². The third kappa shape index (κ3) is 0.920. The number of hydrogen-bond acceptors (Lipinski definition) is 4. The van der Waals surface area contributed by atoms with Gasteiger partial charge in [-0.2, -0.15) is 5.11 Å². The predicted octanol–water partition coefficient (Wildman–Crippen LogP) is 0.774. The van der Waals surface area contributed by atoms with Crippen molar-refractivity contribution in [3.05, 3.63) is 0 Å². The molecule has 0 aliphatic carbocycles. The van der Waals surface area contributed by atoms with Crippen LogP contribution < -0.4 is 5.73 Å². The van der Waals surface area contributed by atoms with Crippen LogP contribution in [0.5, 0.6) is 0 Å². The second kappa shape index (κ2) is 1.79. The average Bonchev–Trinajstić information content (AvgIpc) is 1.91. The van der Waals surface area contributed by atoms with Gasteiger partial charge in [-0.3, -0.25) is 0 Å². The van der Waals surface area contributed by atoms with E-state index in [9.17, 15) is 0 Å². The van der Waals surface area contributed by atoms with Gasteiger partial charge in [0, 0.05) is 11.9 Å². The summed E-state index contributed by atoms with van der Waals surface area (Å²) < 4.78 is 3.66. The summed E-state index contributed by atoms with van der Waals surface area (Å²) in [6.07, 6.45) is 0. The summed E-state index contributed by atoms with van der Waals surface area (Å²) >= 11 is 1.34. The monoisotopic (exact) mass is 117 g/mol. The van der Waals surface area contributed by atoms with Crippen LogP contribution in [0.25, 0.3) is 0 Å². The Morgan fingerprint density at radius 1 is 1.71 bits per heavy atom. The lowest BCUT2D eigenvalue weighted by Crippen LogP contribution is -2.23. The summed E-state index contributed by atoms with van der Waals surface area (Å²) in [6.45, 7) is 1.95. The molecule has 40 valence electrons. The van der Waals surface area contributed by atoms with Gasteiger partial charge in [-0.15, -0.1) is 4.52 Å². The zero-order valence-electron chi connectivity index (χ0n) is 4.03. The van der Waals surface area contributed by atoms with Crippen LogP contribution in [0.4, 0.5) is 0 Å². The molecule has 0 aromatic heterocycles. The number of rotatable bonds is 0. The lowest BCUT2D eigenvalue weighted by atomic mass is 10.4. The van der Waals surface area contributed by atoms with E-state index in [1.807, 2.05) is 6.92 Å². The van der Waals surface area contributed by atoms with E-state index in [4.69, 9.17) is 5.73 Å². The molecule has 2 unspecified atom stereocenters. The van der Waals surface area contributed by atoms with Crippen molar-refractivity contribution in [2.45, 2.75) is 18.3 Å². The highest BCUT2D eigenvalue weighted by atomic mass is 32.2. The van der Waals surface area contributed by atoms with Crippen molar-refractivity contribution in [3.8, 4) is 0 Å². The standard InChI is InChI=1S/C3H7N3S/c1-2-3(4)7-6-5-2/h2-3H,4H2,1H3. The summed E-state index contributed by atoms with van der Waals surface area (Å²) in [6, 6.07) is 0.213. The van der Waals surface area contributed by atoms with E-state index in [0.29, 0.717) is 0 Å². The quantitative estimate of drug-likeness (QED) is 0.476. The van der Waals surface area contributed by atoms with Gasteiger partial charge < -0.3 is 5.73 Å². The van der Waals surface area contributed by atoms with Crippen LogP contribution in [0.15, 0.2) is 9.63 Å². The van der Waals surface area contributed by atoms with Crippen LogP contribution in [0.3, 0.4) is 0 Å². The summed E-state index contributed by atoms with van der Waals surface area (Å²) in [4.78, 5) is 0. The molecule has 1 heterocycles. The Morgan fingerprint density at radius 3 is 2.57 bits per heavy atom. The average molecular weight is 117 g/mol. The minimum absolute atomic E-state index is 0.0972. The topological polar surface area (TPSA) is 50.7 Å². The van der Waals surface area contributed by atoms with Crippen molar-refractivity contribution >= 4 is 11.9 Å². The molecule has 2 N–H and O–H groups in total. The lowest BCUT2D eigenvalue weighted by molar-refractivity contribution is 0.711. The largest absolute Gasteiger partial charge is 0.316 e. The van der Waals surface area contributed by atoms with Crippen molar-refractivity contribution in [2.24, 2.45) is 15.4 Å². The zero-order chi connectivity index (χ0) is 5.28. The molecule has 0 saturated carbocycles. The molecule has 2 atom stereocenters. The van der Waals surface area contributed by atoms with Gasteiger partial charge in [0.05, 0.1) is 11.4 Å². The van der Waals surface area contributed by atoms with Gasteiger partial charge in [-0.1, -0.05) is 0 Å². The Balaban J connectivity index is 2.45. The fourth-order valence-electron chi connectivity index (χ4n) is 0.310. The van der Waals surface area contributed by atoms with Crippen LogP contribution in [-0.4, -0.2) is 11.4 Å². The fourth-order valence-corrected chi connectivity index (χ4v) is 0.852. The molecule has 0 bridgehead atoms. The van der Waals surface area contributed by atoms with Gasteiger partial charge in [-0.05, 0) is 6.92 Å². The number of nitrogens with two attached hydrogens (primary N) is 1. The molecular weight excluding hydrogens is 110 g/mol. The molecule has 1 aliphatic rings. The zero-order valence-corrected chi connectivity index (χ0v) is 4.85. The van der Waals surface area contributed by atoms with Crippen molar-refractivity contribution in [2.75, 3.05) is 0 Å². The Kier molecular flexibility index (Phi) is 1.30. The van der Waals surface area contributed by atoms with E-state index >= 15 is 0 Å². The van der Waals surface area contributed by atoms with Gasteiger partial charge in [-0.25, -0.2) is 0 Å². The van der Waals surface area contributed by atoms with E-state index in [1.165, 1.54) is 11.9 Å². The van der Waals surface area contributed by atoms with Crippen molar-refractivity contribution in [1.82, 2.24) is 0 Å². The third-order valence-electron chi connectivity index (χ3n) is 0.874. The Hall–Kier alpha value is -0.0900. The van der Waals surface area contributed by atoms with E-state index in [-0.39, 0.29) is 11.4 Å². The molecule has 7 heavy (non-hydrogen) atoms. The van der Waals surface area contributed by atoms with Crippen LogP contribution in [0, 0.1) is 0 Å². The highest BCUT2D eigenvalue weighted by Gasteiger charge is 2.16. The first-order chi connectivity index (χ1) is 3.30. The van der Waals surface area contributed by atoms with Gasteiger partial charge in [0.1, 0.15) is 0 Å². The molecule has 0 saturated heterocycles. The second-order valence-electron chi connectivity index (χ2n) is 1.51. The molecule has 1 aliphatic heterocycles. The summed E-state index contributed by atoms with van der Waals surface area (Å²) in [5.74, 6) is 0. The molecule has 0 spiro atoms. The fraction of sp³-hybridized carbons (Fsp3) is 1.00. The molecule has 0 aromatic rings. The van der Waals surface area contributed by atoms with E-state index < -0.39 is 0 Å². The first kappa shape index (κ1) is 5.05. The van der Waals surface area contributed by atoms with Crippen molar-refractivity contribution in [3.63, 3.8) is 0 Å². The second-order valence-corrected chi connectivity index (χ2v) is 2.43. The maximum atomic E-state index is 5.45. The summed E-state index contributed by atoms with van der Waals surface area (Å²) in [5, 5.41) is 3.88. The highest BCUT2D eigenvalue weighted by molar-refractivity contribution is 7.98. The van der Waals surface area contributed by atoms with Crippen LogP contribution in [-0.2, 0) is 0 Å². The Morgan fingerprint density at radius 2 is 2.43 bits per heavy atom. The molecular formula is C3H7N3S. The van der Waals surface area contributed by atoms with E-state index in [0.717, 1.165) is 0 Å². The minimum atomic E-state index is 0.0972. The Labute approximate surface area is 46.5 Å². The van der Waals surface area contributed by atoms with E-state index in [2.05, 4.69) is 9.63 Å². The van der Waals surface area contributed by atoms with Crippen LogP contribution in [0.2, 0.25) is 0 Å². The van der Waals surface area contributed by atoms with Crippen molar-refractivity contribution < 1.29 is 0 Å². The summed E-state index contributed by atoms with van der Waals surface area (Å²) in [5.41, 5.74) is 5.45. The molecule has 1 rings (SSSR count). The number of hydrogen-bond donors (Lipinski definition) is 1. The molecule has 0 radical (unpaired) electrons. The molecule has 0 fully saturated rings.